The van der Waals surface area contributed by atoms with E-state index >= 15 is 0 Å². The maximum atomic E-state index is 12.4. The average Bonchev–Trinajstić information content (AvgIpc) is 2.90. The smallest absolute Gasteiger partial charge is 0.254 e. The molecule has 0 aliphatic carbocycles. The summed E-state index contributed by atoms with van der Waals surface area (Å²) in [6, 6.07) is 10.7. The van der Waals surface area contributed by atoms with E-state index in [4.69, 9.17) is 4.98 Å². The van der Waals surface area contributed by atoms with Crippen molar-refractivity contribution >= 4 is 10.9 Å². The lowest BCUT2D eigenvalue weighted by atomic mass is 9.95. The van der Waals surface area contributed by atoms with E-state index in [0.717, 1.165) is 43.1 Å². The van der Waals surface area contributed by atoms with Crippen LogP contribution in [0.2, 0.25) is 0 Å². The summed E-state index contributed by atoms with van der Waals surface area (Å²) in [5.41, 5.74) is 4.20. The Kier molecular flexibility index (Phi) is 3.99. The Labute approximate surface area is 153 Å². The molecule has 4 rings (SSSR count). The van der Waals surface area contributed by atoms with Crippen molar-refractivity contribution in [2.75, 3.05) is 6.54 Å². The van der Waals surface area contributed by atoms with Gasteiger partial charge in [0.15, 0.2) is 0 Å². The van der Waals surface area contributed by atoms with Crippen molar-refractivity contribution in [3.8, 4) is 0 Å². The molecule has 5 heteroatoms. The van der Waals surface area contributed by atoms with Crippen LogP contribution in [0.1, 0.15) is 43.5 Å². The van der Waals surface area contributed by atoms with Gasteiger partial charge >= 0.3 is 0 Å². The average molecular weight is 350 g/mol. The number of para-hydroxylation sites is 1. The lowest BCUT2D eigenvalue weighted by Crippen LogP contribution is -2.37. The first-order chi connectivity index (χ1) is 12.3. The first kappa shape index (κ1) is 17.0. The van der Waals surface area contributed by atoms with Crippen molar-refractivity contribution in [3.05, 3.63) is 63.5 Å². The van der Waals surface area contributed by atoms with Crippen LogP contribution in [-0.2, 0) is 32.0 Å². The van der Waals surface area contributed by atoms with Crippen LogP contribution in [0.4, 0.5) is 0 Å². The molecule has 26 heavy (non-hydrogen) atoms. The van der Waals surface area contributed by atoms with Crippen LogP contribution >= 0.6 is 0 Å². The minimum Gasteiger partial charge on any atom is -0.346 e. The SMILES string of the molecule is Cn1c(CN2CCc3c(nc(C(C)(C)C)[nH]c3=O)C2)cc2ccccc21. The third kappa shape index (κ3) is 2.97. The van der Waals surface area contributed by atoms with Gasteiger partial charge in [-0.25, -0.2) is 4.98 Å². The van der Waals surface area contributed by atoms with Gasteiger partial charge in [-0.1, -0.05) is 39.0 Å². The Morgan fingerprint density at radius 1 is 1.23 bits per heavy atom. The number of nitrogens with zero attached hydrogens (tertiary/aromatic N) is 3. The van der Waals surface area contributed by atoms with Gasteiger partial charge in [0.25, 0.3) is 5.56 Å². The van der Waals surface area contributed by atoms with Crippen LogP contribution in [0, 0.1) is 0 Å². The fourth-order valence-corrected chi connectivity index (χ4v) is 3.71. The lowest BCUT2D eigenvalue weighted by molar-refractivity contribution is 0.234. The van der Waals surface area contributed by atoms with Crippen molar-refractivity contribution < 1.29 is 0 Å². The summed E-state index contributed by atoms with van der Waals surface area (Å²) in [6.45, 7) is 8.71. The Bertz CT molecular complexity index is 1020. The topological polar surface area (TPSA) is 53.9 Å². The molecule has 2 aromatic heterocycles. The van der Waals surface area contributed by atoms with E-state index in [1.165, 1.54) is 16.6 Å². The van der Waals surface area contributed by atoms with Crippen LogP contribution in [-0.4, -0.2) is 26.0 Å². The van der Waals surface area contributed by atoms with Gasteiger partial charge in [-0.3, -0.25) is 9.69 Å². The van der Waals surface area contributed by atoms with Gasteiger partial charge in [0.05, 0.1) is 5.69 Å². The molecule has 5 nitrogen and oxygen atoms in total. The molecule has 0 spiro atoms. The highest BCUT2D eigenvalue weighted by Crippen LogP contribution is 2.23. The number of H-pyrrole nitrogens is 1. The molecule has 3 aromatic rings. The largest absolute Gasteiger partial charge is 0.346 e. The van der Waals surface area contributed by atoms with E-state index in [2.05, 4.69) is 72.6 Å². The normalized spacial score (nSPS) is 15.4. The van der Waals surface area contributed by atoms with Gasteiger partial charge in [0, 0.05) is 48.9 Å². The number of nitrogens with one attached hydrogen (secondary N) is 1. The molecule has 0 unspecified atom stereocenters. The molecular weight excluding hydrogens is 324 g/mol. The van der Waals surface area contributed by atoms with Crippen molar-refractivity contribution in [1.82, 2.24) is 19.4 Å². The third-order valence-corrected chi connectivity index (χ3v) is 5.30. The van der Waals surface area contributed by atoms with Crippen LogP contribution in [0.5, 0.6) is 0 Å². The molecule has 0 amide bonds. The van der Waals surface area contributed by atoms with Crippen molar-refractivity contribution in [2.45, 2.75) is 45.7 Å². The predicted molar refractivity (Wildman–Crippen MR) is 104 cm³/mol. The number of rotatable bonds is 2. The molecule has 0 atom stereocenters. The highest BCUT2D eigenvalue weighted by molar-refractivity contribution is 5.81. The quantitative estimate of drug-likeness (QED) is 0.773. The zero-order chi connectivity index (χ0) is 18.5. The van der Waals surface area contributed by atoms with Gasteiger partial charge in [0.2, 0.25) is 0 Å². The van der Waals surface area contributed by atoms with E-state index in [-0.39, 0.29) is 11.0 Å². The summed E-state index contributed by atoms with van der Waals surface area (Å²) >= 11 is 0. The second kappa shape index (κ2) is 6.09. The molecule has 1 N–H and O–H groups in total. The molecule has 1 aliphatic heterocycles. The van der Waals surface area contributed by atoms with E-state index in [1.54, 1.807) is 0 Å². The van der Waals surface area contributed by atoms with Crippen LogP contribution in [0.3, 0.4) is 0 Å². The van der Waals surface area contributed by atoms with E-state index < -0.39 is 0 Å². The van der Waals surface area contributed by atoms with Gasteiger partial charge < -0.3 is 9.55 Å². The number of hydrogen-bond donors (Lipinski definition) is 1. The number of aromatic nitrogens is 3. The van der Waals surface area contributed by atoms with Gasteiger partial charge in [-0.15, -0.1) is 0 Å². The maximum Gasteiger partial charge on any atom is 0.254 e. The summed E-state index contributed by atoms with van der Waals surface area (Å²) in [6.07, 6.45) is 0.756. The van der Waals surface area contributed by atoms with E-state index in [0.29, 0.717) is 0 Å². The standard InChI is InChI=1S/C21H26N4O/c1-21(2,3)20-22-17-13-25(10-9-16(17)19(26)23-20)12-15-11-14-7-5-6-8-18(14)24(15)4/h5-8,11H,9-10,12-13H2,1-4H3,(H,22,23,26). The summed E-state index contributed by atoms with van der Waals surface area (Å²) < 4.78 is 2.26. The molecule has 0 saturated carbocycles. The molecule has 0 bridgehead atoms. The van der Waals surface area contributed by atoms with Gasteiger partial charge in [-0.2, -0.15) is 0 Å². The minimum atomic E-state index is -0.160. The fourth-order valence-electron chi connectivity index (χ4n) is 3.71. The van der Waals surface area contributed by atoms with Crippen LogP contribution in [0.15, 0.2) is 35.1 Å². The van der Waals surface area contributed by atoms with Gasteiger partial charge in [0.1, 0.15) is 5.82 Å². The first-order valence-electron chi connectivity index (χ1n) is 9.21. The zero-order valence-electron chi connectivity index (χ0n) is 16.0. The number of aromatic amines is 1. The second-order valence-electron chi connectivity index (χ2n) is 8.30. The third-order valence-electron chi connectivity index (χ3n) is 5.30. The molecule has 1 aliphatic rings. The number of aryl methyl sites for hydroxylation is 1. The maximum absolute atomic E-state index is 12.4. The monoisotopic (exact) mass is 350 g/mol. The van der Waals surface area contributed by atoms with Crippen molar-refractivity contribution in [2.24, 2.45) is 7.05 Å². The second-order valence-corrected chi connectivity index (χ2v) is 8.30. The predicted octanol–water partition coefficient (Wildman–Crippen LogP) is 3.12. The minimum absolute atomic E-state index is 0.0316. The van der Waals surface area contributed by atoms with Crippen molar-refractivity contribution in [3.63, 3.8) is 0 Å². The number of fused-ring (bicyclic) bond motifs is 2. The Morgan fingerprint density at radius 3 is 2.73 bits per heavy atom. The highest BCUT2D eigenvalue weighted by atomic mass is 16.1. The van der Waals surface area contributed by atoms with Crippen molar-refractivity contribution in [1.29, 1.82) is 0 Å². The molecule has 136 valence electrons. The van der Waals surface area contributed by atoms with E-state index in [9.17, 15) is 4.79 Å². The summed E-state index contributed by atoms with van der Waals surface area (Å²) in [5, 5.41) is 1.27. The first-order valence-corrected chi connectivity index (χ1v) is 9.21. The van der Waals surface area contributed by atoms with Crippen LogP contribution < -0.4 is 5.56 Å². The number of benzene rings is 1. The summed E-state index contributed by atoms with van der Waals surface area (Å²) in [7, 11) is 2.12. The molecule has 1 aromatic carbocycles. The Morgan fingerprint density at radius 2 is 2.00 bits per heavy atom. The fraction of sp³-hybridized carbons (Fsp3) is 0.429. The molecule has 0 fully saturated rings. The Balaban J connectivity index is 1.63. The Hall–Kier alpha value is -2.40. The lowest BCUT2D eigenvalue weighted by Gasteiger charge is -2.29. The summed E-state index contributed by atoms with van der Waals surface area (Å²) in [4.78, 5) is 22.6. The van der Waals surface area contributed by atoms with Crippen LogP contribution in [0.25, 0.3) is 10.9 Å². The summed E-state index contributed by atoms with van der Waals surface area (Å²) in [5.74, 6) is 0.771. The number of hydrogen-bond acceptors (Lipinski definition) is 3. The molecule has 0 radical (unpaired) electrons. The molecule has 0 saturated heterocycles. The molecular formula is C21H26N4O. The highest BCUT2D eigenvalue weighted by Gasteiger charge is 2.25. The molecule has 3 heterocycles. The van der Waals surface area contributed by atoms with E-state index in [1.807, 2.05) is 0 Å². The van der Waals surface area contributed by atoms with Gasteiger partial charge in [-0.05, 0) is 23.9 Å². The zero-order valence-corrected chi connectivity index (χ0v) is 16.0.